The molecule has 0 spiro atoms. The Morgan fingerprint density at radius 1 is 0.920 bits per heavy atom. The highest BCUT2D eigenvalue weighted by Gasteiger charge is 2.01. The minimum Gasteiger partial charge on any atom is -0.445 e. The second kappa shape index (κ2) is 14.2. The first kappa shape index (κ1) is 20.9. The summed E-state index contributed by atoms with van der Waals surface area (Å²) in [6.45, 7) is 4.82. The lowest BCUT2D eigenvalue weighted by atomic mass is 10.2. The third-order valence-electron chi connectivity index (χ3n) is 3.15. The monoisotopic (exact) mass is 352 g/mol. The van der Waals surface area contributed by atoms with Gasteiger partial charge in [-0.3, -0.25) is 4.79 Å². The Balaban J connectivity index is 1.85. The van der Waals surface area contributed by atoms with Gasteiger partial charge in [0.05, 0.1) is 26.4 Å². The van der Waals surface area contributed by atoms with Crippen LogP contribution in [0.4, 0.5) is 4.79 Å². The lowest BCUT2D eigenvalue weighted by Gasteiger charge is -2.08. The average Bonchev–Trinajstić information content (AvgIpc) is 2.62. The number of rotatable bonds is 13. The van der Waals surface area contributed by atoms with Crippen molar-refractivity contribution in [1.29, 1.82) is 0 Å². The molecule has 0 atom stereocenters. The maximum absolute atomic E-state index is 11.5. The highest BCUT2D eigenvalue weighted by Crippen LogP contribution is 2.00. The zero-order chi connectivity index (χ0) is 18.2. The van der Waals surface area contributed by atoms with E-state index in [0.717, 1.165) is 12.0 Å². The molecular formula is C18H28N2O5. The fourth-order valence-corrected chi connectivity index (χ4v) is 1.90. The predicted molar refractivity (Wildman–Crippen MR) is 94.2 cm³/mol. The highest BCUT2D eigenvalue weighted by atomic mass is 16.5. The van der Waals surface area contributed by atoms with Crippen LogP contribution in [0, 0.1) is 0 Å². The van der Waals surface area contributed by atoms with Crippen molar-refractivity contribution < 1.29 is 23.8 Å². The number of amides is 2. The summed E-state index contributed by atoms with van der Waals surface area (Å²) in [6, 6.07) is 9.49. The number of benzene rings is 1. The van der Waals surface area contributed by atoms with E-state index in [4.69, 9.17) is 14.2 Å². The Labute approximate surface area is 149 Å². The van der Waals surface area contributed by atoms with E-state index in [1.807, 2.05) is 37.3 Å². The Morgan fingerprint density at radius 2 is 1.56 bits per heavy atom. The third-order valence-corrected chi connectivity index (χ3v) is 3.15. The van der Waals surface area contributed by atoms with Gasteiger partial charge in [0.25, 0.3) is 0 Å². The third kappa shape index (κ3) is 12.0. The summed E-state index contributed by atoms with van der Waals surface area (Å²) in [7, 11) is 0. The van der Waals surface area contributed by atoms with Crippen LogP contribution in [-0.4, -0.2) is 51.5 Å². The lowest BCUT2D eigenvalue weighted by Crippen LogP contribution is -2.28. The second-order valence-electron chi connectivity index (χ2n) is 5.31. The van der Waals surface area contributed by atoms with Crippen molar-refractivity contribution in [2.45, 2.75) is 26.4 Å². The SMILES string of the molecule is CCCC(=O)NCCOCCOCCNC(=O)OCc1ccccc1. The first-order valence-electron chi connectivity index (χ1n) is 8.59. The highest BCUT2D eigenvalue weighted by molar-refractivity contribution is 5.75. The Hall–Kier alpha value is -2.12. The molecule has 25 heavy (non-hydrogen) atoms. The molecule has 140 valence electrons. The van der Waals surface area contributed by atoms with Crippen LogP contribution in [0.1, 0.15) is 25.3 Å². The maximum atomic E-state index is 11.5. The molecule has 2 amide bonds. The van der Waals surface area contributed by atoms with Gasteiger partial charge in [0, 0.05) is 19.5 Å². The molecule has 7 nitrogen and oxygen atoms in total. The summed E-state index contributed by atoms with van der Waals surface area (Å²) in [4.78, 5) is 22.7. The predicted octanol–water partition coefficient (Wildman–Crippen LogP) is 1.86. The minimum atomic E-state index is -0.466. The van der Waals surface area contributed by atoms with Crippen LogP contribution in [0.15, 0.2) is 30.3 Å². The van der Waals surface area contributed by atoms with Crippen LogP contribution in [0.5, 0.6) is 0 Å². The van der Waals surface area contributed by atoms with Crippen molar-refractivity contribution in [2.24, 2.45) is 0 Å². The number of nitrogens with one attached hydrogen (secondary N) is 2. The normalized spacial score (nSPS) is 10.3. The van der Waals surface area contributed by atoms with Crippen LogP contribution in [0.25, 0.3) is 0 Å². The van der Waals surface area contributed by atoms with Gasteiger partial charge in [-0.05, 0) is 12.0 Å². The van der Waals surface area contributed by atoms with Crippen LogP contribution < -0.4 is 10.6 Å². The number of alkyl carbamates (subject to hydrolysis) is 1. The maximum Gasteiger partial charge on any atom is 0.407 e. The summed E-state index contributed by atoms with van der Waals surface area (Å²) in [5.41, 5.74) is 0.942. The molecule has 0 radical (unpaired) electrons. The van der Waals surface area contributed by atoms with E-state index < -0.39 is 6.09 Å². The van der Waals surface area contributed by atoms with Gasteiger partial charge in [-0.2, -0.15) is 0 Å². The molecule has 0 unspecified atom stereocenters. The summed E-state index contributed by atoms with van der Waals surface area (Å²) < 4.78 is 15.7. The van der Waals surface area contributed by atoms with Gasteiger partial charge >= 0.3 is 6.09 Å². The van der Waals surface area contributed by atoms with E-state index in [2.05, 4.69) is 10.6 Å². The molecule has 0 aromatic heterocycles. The van der Waals surface area contributed by atoms with E-state index in [1.54, 1.807) is 0 Å². The fourth-order valence-electron chi connectivity index (χ4n) is 1.90. The van der Waals surface area contributed by atoms with E-state index >= 15 is 0 Å². The van der Waals surface area contributed by atoms with Gasteiger partial charge < -0.3 is 24.8 Å². The molecule has 2 N–H and O–H groups in total. The summed E-state index contributed by atoms with van der Waals surface area (Å²) in [5, 5.41) is 5.38. The quantitative estimate of drug-likeness (QED) is 0.529. The van der Waals surface area contributed by atoms with Gasteiger partial charge in [-0.15, -0.1) is 0 Å². The molecule has 7 heteroatoms. The Bertz CT molecular complexity index is 482. The number of ether oxygens (including phenoxy) is 3. The van der Waals surface area contributed by atoms with Crippen LogP contribution in [-0.2, 0) is 25.6 Å². The Morgan fingerprint density at radius 3 is 2.20 bits per heavy atom. The molecule has 0 aliphatic rings. The first-order chi connectivity index (χ1) is 12.2. The van der Waals surface area contributed by atoms with Gasteiger partial charge in [-0.1, -0.05) is 37.3 Å². The molecule has 0 bridgehead atoms. The summed E-state index contributed by atoms with van der Waals surface area (Å²) in [5.74, 6) is 0.0487. The van der Waals surface area contributed by atoms with Gasteiger partial charge in [-0.25, -0.2) is 4.79 Å². The van der Waals surface area contributed by atoms with Crippen molar-refractivity contribution in [3.63, 3.8) is 0 Å². The first-order valence-corrected chi connectivity index (χ1v) is 8.59. The van der Waals surface area contributed by atoms with E-state index in [-0.39, 0.29) is 12.5 Å². The van der Waals surface area contributed by atoms with Crippen LogP contribution in [0.2, 0.25) is 0 Å². The zero-order valence-electron chi connectivity index (χ0n) is 14.8. The molecular weight excluding hydrogens is 324 g/mol. The van der Waals surface area contributed by atoms with Gasteiger partial charge in [0.1, 0.15) is 6.61 Å². The Kier molecular flexibility index (Phi) is 11.9. The van der Waals surface area contributed by atoms with E-state index in [1.165, 1.54) is 0 Å². The number of hydrogen-bond donors (Lipinski definition) is 2. The summed E-state index contributed by atoms with van der Waals surface area (Å²) in [6.07, 6.45) is 0.921. The van der Waals surface area contributed by atoms with E-state index in [9.17, 15) is 9.59 Å². The molecule has 0 aliphatic carbocycles. The number of carbonyl (C=O) groups excluding carboxylic acids is 2. The number of hydrogen-bond acceptors (Lipinski definition) is 5. The van der Waals surface area contributed by atoms with Crippen molar-refractivity contribution in [3.05, 3.63) is 35.9 Å². The molecule has 0 saturated carbocycles. The molecule has 0 saturated heterocycles. The van der Waals surface area contributed by atoms with Gasteiger partial charge in [0.2, 0.25) is 5.91 Å². The minimum absolute atomic E-state index is 0.0487. The number of carbonyl (C=O) groups is 2. The largest absolute Gasteiger partial charge is 0.445 e. The fraction of sp³-hybridized carbons (Fsp3) is 0.556. The molecule has 0 aliphatic heterocycles. The zero-order valence-corrected chi connectivity index (χ0v) is 14.8. The molecule has 1 aromatic carbocycles. The van der Waals surface area contributed by atoms with Crippen molar-refractivity contribution in [2.75, 3.05) is 39.5 Å². The molecule has 1 aromatic rings. The van der Waals surface area contributed by atoms with Crippen molar-refractivity contribution in [3.8, 4) is 0 Å². The van der Waals surface area contributed by atoms with Crippen LogP contribution in [0.3, 0.4) is 0 Å². The molecule has 1 rings (SSSR count). The lowest BCUT2D eigenvalue weighted by molar-refractivity contribution is -0.121. The molecule has 0 heterocycles. The van der Waals surface area contributed by atoms with Crippen molar-refractivity contribution in [1.82, 2.24) is 10.6 Å². The average molecular weight is 352 g/mol. The van der Waals surface area contributed by atoms with Crippen LogP contribution >= 0.6 is 0 Å². The van der Waals surface area contributed by atoms with Crippen molar-refractivity contribution >= 4 is 12.0 Å². The standard InChI is InChI=1S/C18H28N2O5/c1-2-6-17(21)19-9-11-23-13-14-24-12-10-20-18(22)25-15-16-7-4-3-5-8-16/h3-5,7-8H,2,6,9-15H2,1H3,(H,19,21)(H,20,22). The topological polar surface area (TPSA) is 85.9 Å². The van der Waals surface area contributed by atoms with E-state index in [0.29, 0.717) is 45.9 Å². The van der Waals surface area contributed by atoms with Gasteiger partial charge in [0.15, 0.2) is 0 Å². The smallest absolute Gasteiger partial charge is 0.407 e. The molecule has 0 fully saturated rings. The summed E-state index contributed by atoms with van der Waals surface area (Å²) >= 11 is 0. The second-order valence-corrected chi connectivity index (χ2v) is 5.31.